The third-order valence-electron chi connectivity index (χ3n) is 5.43. The quantitative estimate of drug-likeness (QED) is 0.374. The number of morpholine rings is 1. The summed E-state index contributed by atoms with van der Waals surface area (Å²) in [7, 11) is 0. The second kappa shape index (κ2) is 10.2. The molecule has 2 aliphatic rings. The van der Waals surface area contributed by atoms with Crippen molar-refractivity contribution in [3.05, 3.63) is 66.0 Å². The van der Waals surface area contributed by atoms with E-state index in [9.17, 15) is 4.79 Å². The number of hydrogen-bond acceptors (Lipinski definition) is 7. The normalized spacial score (nSPS) is 16.3. The highest BCUT2D eigenvalue weighted by atomic mass is 32.2. The van der Waals surface area contributed by atoms with E-state index in [0.29, 0.717) is 43.1 Å². The zero-order valence-corrected chi connectivity index (χ0v) is 19.0. The van der Waals surface area contributed by atoms with Gasteiger partial charge in [-0.2, -0.15) is 9.78 Å². The summed E-state index contributed by atoms with van der Waals surface area (Å²) in [5.74, 6) is 3.14. The van der Waals surface area contributed by atoms with Crippen LogP contribution >= 0.6 is 11.8 Å². The molecule has 0 radical (unpaired) electrons. The molecule has 1 amide bonds. The van der Waals surface area contributed by atoms with E-state index in [0.717, 1.165) is 35.7 Å². The molecule has 1 aliphatic carbocycles. The first-order valence-electron chi connectivity index (χ1n) is 11.1. The fourth-order valence-electron chi connectivity index (χ4n) is 3.51. The van der Waals surface area contributed by atoms with Crippen molar-refractivity contribution in [2.24, 2.45) is 5.10 Å². The third kappa shape index (κ3) is 5.61. The van der Waals surface area contributed by atoms with E-state index in [-0.39, 0.29) is 5.91 Å². The Hall–Kier alpha value is -3.17. The summed E-state index contributed by atoms with van der Waals surface area (Å²) in [5, 5.41) is 14.0. The molecule has 1 aromatic heterocycles. The van der Waals surface area contributed by atoms with Gasteiger partial charge in [0.15, 0.2) is 5.82 Å². The summed E-state index contributed by atoms with van der Waals surface area (Å²) < 4.78 is 13.0. The van der Waals surface area contributed by atoms with Gasteiger partial charge in [-0.25, -0.2) is 0 Å². The van der Waals surface area contributed by atoms with Gasteiger partial charge < -0.3 is 14.4 Å². The van der Waals surface area contributed by atoms with Gasteiger partial charge >= 0.3 is 0 Å². The first-order chi connectivity index (χ1) is 16.3. The third-order valence-corrected chi connectivity index (χ3v) is 6.33. The molecule has 170 valence electrons. The Morgan fingerprint density at radius 3 is 2.67 bits per heavy atom. The van der Waals surface area contributed by atoms with Crippen LogP contribution in [0.15, 0.2) is 64.9 Å². The van der Waals surface area contributed by atoms with Crippen molar-refractivity contribution in [2.75, 3.05) is 32.1 Å². The van der Waals surface area contributed by atoms with Crippen molar-refractivity contribution < 1.29 is 14.3 Å². The van der Waals surface area contributed by atoms with Crippen molar-refractivity contribution in [3.8, 4) is 11.5 Å². The molecule has 9 heteroatoms. The zero-order valence-electron chi connectivity index (χ0n) is 18.2. The SMILES string of the molecule is O=C(CSc1nnc(C2CC2)n1/N=C/c1cccc(Oc2ccccc2)c1)N1CCOCC1. The predicted octanol–water partition coefficient (Wildman–Crippen LogP) is 3.78. The van der Waals surface area contributed by atoms with Gasteiger partial charge in [-0.1, -0.05) is 42.1 Å². The van der Waals surface area contributed by atoms with Gasteiger partial charge in [-0.15, -0.1) is 10.2 Å². The number of carbonyl (C=O) groups excluding carboxylic acids is 1. The lowest BCUT2D eigenvalue weighted by molar-refractivity contribution is -0.132. The number of hydrogen-bond donors (Lipinski definition) is 0. The molecular formula is C24H25N5O3S. The van der Waals surface area contributed by atoms with Crippen molar-refractivity contribution in [1.82, 2.24) is 19.8 Å². The molecule has 2 heterocycles. The molecule has 0 unspecified atom stereocenters. The van der Waals surface area contributed by atoms with E-state index >= 15 is 0 Å². The van der Waals surface area contributed by atoms with Crippen LogP contribution in [-0.2, 0) is 9.53 Å². The van der Waals surface area contributed by atoms with E-state index in [1.54, 1.807) is 10.9 Å². The molecule has 8 nitrogen and oxygen atoms in total. The highest BCUT2D eigenvalue weighted by molar-refractivity contribution is 7.99. The Balaban J connectivity index is 1.30. The molecule has 33 heavy (non-hydrogen) atoms. The molecule has 2 fully saturated rings. The molecular weight excluding hydrogens is 438 g/mol. The topological polar surface area (TPSA) is 81.8 Å². The van der Waals surface area contributed by atoms with E-state index in [1.165, 1.54) is 11.8 Å². The van der Waals surface area contributed by atoms with Crippen molar-refractivity contribution in [2.45, 2.75) is 23.9 Å². The Morgan fingerprint density at radius 1 is 1.09 bits per heavy atom. The lowest BCUT2D eigenvalue weighted by Crippen LogP contribution is -2.41. The van der Waals surface area contributed by atoms with Crippen molar-refractivity contribution in [3.63, 3.8) is 0 Å². The van der Waals surface area contributed by atoms with Crippen LogP contribution in [0.1, 0.15) is 30.1 Å². The van der Waals surface area contributed by atoms with Gasteiger partial charge in [0.1, 0.15) is 11.5 Å². The van der Waals surface area contributed by atoms with E-state index in [4.69, 9.17) is 9.47 Å². The maximum Gasteiger partial charge on any atom is 0.233 e. The summed E-state index contributed by atoms with van der Waals surface area (Å²) in [4.78, 5) is 14.4. The molecule has 0 N–H and O–H groups in total. The van der Waals surface area contributed by atoms with Gasteiger partial charge in [0, 0.05) is 19.0 Å². The van der Waals surface area contributed by atoms with Crippen LogP contribution in [-0.4, -0.2) is 64.0 Å². The number of carbonyl (C=O) groups is 1. The lowest BCUT2D eigenvalue weighted by Gasteiger charge is -2.26. The van der Waals surface area contributed by atoms with Crippen LogP contribution in [0.2, 0.25) is 0 Å². The summed E-state index contributed by atoms with van der Waals surface area (Å²) in [6.07, 6.45) is 3.96. The standard InChI is InChI=1S/C24H25N5O3S/c30-22(28-11-13-31-14-12-28)17-33-24-27-26-23(19-9-10-19)29(24)25-16-18-5-4-8-21(15-18)32-20-6-2-1-3-7-20/h1-8,15-16,19H,9-14,17H2/b25-16+. The van der Waals surface area contributed by atoms with Crippen LogP contribution in [0.5, 0.6) is 11.5 Å². The highest BCUT2D eigenvalue weighted by Crippen LogP contribution is 2.40. The fraction of sp³-hybridized carbons (Fsp3) is 0.333. The number of benzene rings is 2. The van der Waals surface area contributed by atoms with E-state index < -0.39 is 0 Å². The van der Waals surface area contributed by atoms with Gasteiger partial charge in [-0.3, -0.25) is 4.79 Å². The average Bonchev–Trinajstić information content (AvgIpc) is 3.63. The minimum Gasteiger partial charge on any atom is -0.457 e. The fourth-order valence-corrected chi connectivity index (χ4v) is 4.31. The Labute approximate surface area is 196 Å². The first-order valence-corrected chi connectivity index (χ1v) is 12.1. The van der Waals surface area contributed by atoms with Crippen LogP contribution in [0, 0.1) is 0 Å². The molecule has 1 saturated heterocycles. The largest absolute Gasteiger partial charge is 0.457 e. The Morgan fingerprint density at radius 2 is 1.88 bits per heavy atom. The van der Waals surface area contributed by atoms with Crippen LogP contribution < -0.4 is 4.74 Å². The van der Waals surface area contributed by atoms with Crippen molar-refractivity contribution in [1.29, 1.82) is 0 Å². The summed E-state index contributed by atoms with van der Waals surface area (Å²) >= 11 is 1.37. The summed E-state index contributed by atoms with van der Waals surface area (Å²) in [6.45, 7) is 2.46. The molecule has 0 bridgehead atoms. The highest BCUT2D eigenvalue weighted by Gasteiger charge is 2.31. The molecule has 1 aliphatic heterocycles. The van der Waals surface area contributed by atoms with Gasteiger partial charge in [0.25, 0.3) is 0 Å². The number of amides is 1. The second-order valence-electron chi connectivity index (χ2n) is 7.94. The number of aromatic nitrogens is 3. The predicted molar refractivity (Wildman–Crippen MR) is 126 cm³/mol. The number of para-hydroxylation sites is 1. The minimum atomic E-state index is 0.0839. The molecule has 2 aromatic carbocycles. The molecule has 0 atom stereocenters. The van der Waals surface area contributed by atoms with Crippen LogP contribution in [0.25, 0.3) is 0 Å². The Bertz CT molecular complexity index is 1120. The van der Waals surface area contributed by atoms with Crippen LogP contribution in [0.3, 0.4) is 0 Å². The average molecular weight is 464 g/mol. The number of nitrogens with zero attached hydrogens (tertiary/aromatic N) is 5. The molecule has 0 spiro atoms. The second-order valence-corrected chi connectivity index (χ2v) is 8.88. The molecule has 5 rings (SSSR count). The maximum absolute atomic E-state index is 12.5. The molecule has 1 saturated carbocycles. The Kier molecular flexibility index (Phi) is 6.68. The maximum atomic E-state index is 12.5. The minimum absolute atomic E-state index is 0.0839. The van der Waals surface area contributed by atoms with Gasteiger partial charge in [0.05, 0.1) is 25.2 Å². The van der Waals surface area contributed by atoms with Gasteiger partial charge in [-0.05, 0) is 42.7 Å². The summed E-state index contributed by atoms with van der Waals surface area (Å²) in [6, 6.07) is 17.4. The van der Waals surface area contributed by atoms with E-state index in [2.05, 4.69) is 15.3 Å². The molecule has 3 aromatic rings. The van der Waals surface area contributed by atoms with Crippen LogP contribution in [0.4, 0.5) is 0 Å². The number of thioether (sulfide) groups is 1. The zero-order chi connectivity index (χ0) is 22.5. The number of ether oxygens (including phenoxy) is 2. The lowest BCUT2D eigenvalue weighted by atomic mass is 10.2. The first kappa shape index (κ1) is 21.7. The summed E-state index contributed by atoms with van der Waals surface area (Å²) in [5.41, 5.74) is 0.902. The smallest absolute Gasteiger partial charge is 0.233 e. The van der Waals surface area contributed by atoms with E-state index in [1.807, 2.05) is 59.5 Å². The van der Waals surface area contributed by atoms with Crippen molar-refractivity contribution >= 4 is 23.9 Å². The monoisotopic (exact) mass is 463 g/mol. The van der Waals surface area contributed by atoms with Gasteiger partial charge in [0.2, 0.25) is 11.1 Å². The number of rotatable bonds is 8.